The van der Waals surface area contributed by atoms with Crippen molar-refractivity contribution in [2.24, 2.45) is 0 Å². The van der Waals surface area contributed by atoms with Crippen LogP contribution >= 0.6 is 11.3 Å². The van der Waals surface area contributed by atoms with Gasteiger partial charge in [0.15, 0.2) is 23.0 Å². The van der Waals surface area contributed by atoms with Gasteiger partial charge in [-0.3, -0.25) is 9.59 Å². The Morgan fingerprint density at radius 3 is 2.71 bits per heavy atom. The van der Waals surface area contributed by atoms with Crippen LogP contribution < -0.4 is 10.1 Å². The number of carbonyl (C=O) groups excluding carboxylic acids is 2. The maximum atomic E-state index is 12.7. The lowest BCUT2D eigenvalue weighted by Crippen LogP contribution is -2.29. The third kappa shape index (κ3) is 5.85. The third-order valence-corrected chi connectivity index (χ3v) is 5.96. The van der Waals surface area contributed by atoms with E-state index in [1.54, 1.807) is 42.4 Å². The molecule has 2 aromatic carbocycles. The summed E-state index contributed by atoms with van der Waals surface area (Å²) in [5.41, 5.74) is 2.72. The zero-order valence-corrected chi connectivity index (χ0v) is 19.5. The molecular weight excluding hydrogens is 448 g/mol. The van der Waals surface area contributed by atoms with E-state index in [1.807, 2.05) is 47.8 Å². The van der Waals surface area contributed by atoms with Gasteiger partial charge in [0, 0.05) is 37.2 Å². The van der Waals surface area contributed by atoms with Crippen molar-refractivity contribution < 1.29 is 14.3 Å². The number of thiazole rings is 1. The molecule has 1 amide bonds. The zero-order chi connectivity index (χ0) is 23.8. The summed E-state index contributed by atoms with van der Waals surface area (Å²) in [7, 11) is 1.72. The molecular formula is C26H24N4O3S. The molecule has 8 heteroatoms. The van der Waals surface area contributed by atoms with Crippen LogP contribution in [0.3, 0.4) is 0 Å². The van der Waals surface area contributed by atoms with E-state index in [0.29, 0.717) is 53.7 Å². The molecule has 4 aromatic rings. The Balaban J connectivity index is 1.35. The highest BCUT2D eigenvalue weighted by molar-refractivity contribution is 7.13. The predicted molar refractivity (Wildman–Crippen MR) is 133 cm³/mol. The van der Waals surface area contributed by atoms with E-state index in [4.69, 9.17) is 4.74 Å². The minimum absolute atomic E-state index is 0.190. The largest absolute Gasteiger partial charge is 0.485 e. The molecule has 7 nitrogen and oxygen atoms in total. The van der Waals surface area contributed by atoms with Gasteiger partial charge in [-0.25, -0.2) is 9.97 Å². The fourth-order valence-electron chi connectivity index (χ4n) is 3.30. The monoisotopic (exact) mass is 472 g/mol. The molecule has 34 heavy (non-hydrogen) atoms. The van der Waals surface area contributed by atoms with Gasteiger partial charge in [-0.15, -0.1) is 11.3 Å². The van der Waals surface area contributed by atoms with Crippen LogP contribution in [0.1, 0.15) is 32.0 Å². The number of rotatable bonds is 10. The number of hydrogen-bond donors (Lipinski definition) is 1. The van der Waals surface area contributed by atoms with Crippen molar-refractivity contribution in [3.8, 4) is 5.75 Å². The average molecular weight is 473 g/mol. The number of aldehydes is 1. The van der Waals surface area contributed by atoms with Gasteiger partial charge in [-0.2, -0.15) is 0 Å². The molecule has 0 saturated heterocycles. The number of carbonyl (C=O) groups is 2. The molecule has 0 aliphatic rings. The van der Waals surface area contributed by atoms with Crippen LogP contribution in [0.4, 0.5) is 10.9 Å². The summed E-state index contributed by atoms with van der Waals surface area (Å²) in [5, 5.41) is 5.88. The lowest BCUT2D eigenvalue weighted by molar-refractivity contribution is 0.0793. The molecule has 0 bridgehead atoms. The van der Waals surface area contributed by atoms with E-state index in [0.717, 1.165) is 11.3 Å². The summed E-state index contributed by atoms with van der Waals surface area (Å²) in [6.07, 6.45) is 2.99. The molecule has 4 rings (SSSR count). The van der Waals surface area contributed by atoms with E-state index in [2.05, 4.69) is 15.3 Å². The van der Waals surface area contributed by atoms with Gasteiger partial charge in [-0.05, 0) is 23.8 Å². The van der Waals surface area contributed by atoms with E-state index >= 15 is 0 Å². The molecule has 0 atom stereocenters. The molecule has 2 aromatic heterocycles. The first-order chi connectivity index (χ1) is 16.6. The normalized spacial score (nSPS) is 10.5. The number of ether oxygens (including phenoxy) is 1. The van der Waals surface area contributed by atoms with Crippen LogP contribution in [0.15, 0.2) is 78.3 Å². The Morgan fingerprint density at radius 1 is 1.09 bits per heavy atom. The van der Waals surface area contributed by atoms with E-state index < -0.39 is 0 Å². The van der Waals surface area contributed by atoms with Gasteiger partial charge in [0.25, 0.3) is 5.91 Å². The van der Waals surface area contributed by atoms with Crippen molar-refractivity contribution >= 4 is 34.5 Å². The molecule has 0 radical (unpaired) electrons. The second-order valence-electron chi connectivity index (χ2n) is 7.58. The van der Waals surface area contributed by atoms with Crippen molar-refractivity contribution in [2.45, 2.75) is 13.0 Å². The Kier molecular flexibility index (Phi) is 7.62. The Bertz CT molecular complexity index is 1260. The molecule has 0 unspecified atom stereocenters. The highest BCUT2D eigenvalue weighted by atomic mass is 32.1. The molecule has 0 saturated carbocycles. The Morgan fingerprint density at radius 2 is 1.88 bits per heavy atom. The van der Waals surface area contributed by atoms with Crippen molar-refractivity contribution in [1.82, 2.24) is 14.9 Å². The van der Waals surface area contributed by atoms with Gasteiger partial charge in [0.2, 0.25) is 0 Å². The number of amides is 1. The number of nitrogens with one attached hydrogen (secondary N) is 1. The maximum Gasteiger partial charge on any atom is 0.254 e. The number of aromatic nitrogens is 2. The molecule has 0 spiro atoms. The SMILES string of the molecule is CN(CCc1csc(Nc2ncccc2OCc2ccccc2)n1)C(=O)c1ccccc1C=O. The van der Waals surface area contributed by atoms with Crippen molar-refractivity contribution in [3.05, 3.63) is 101 Å². The van der Waals surface area contributed by atoms with Crippen molar-refractivity contribution in [3.63, 3.8) is 0 Å². The van der Waals surface area contributed by atoms with Crippen LogP contribution in [0, 0.1) is 0 Å². The molecule has 172 valence electrons. The standard InChI is InChI=1S/C26H24N4O3S/c1-30(25(32)22-11-6-5-10-20(22)16-31)15-13-21-18-34-26(28-21)29-24-23(12-7-14-27-24)33-17-19-8-3-2-4-9-19/h2-12,14,16,18H,13,15,17H2,1H3,(H,27,28,29). The summed E-state index contributed by atoms with van der Waals surface area (Å²) in [6.45, 7) is 0.919. The molecule has 0 fully saturated rings. The van der Waals surface area contributed by atoms with E-state index in [1.165, 1.54) is 11.3 Å². The zero-order valence-electron chi connectivity index (χ0n) is 18.7. The molecule has 2 heterocycles. The Labute approximate surface area is 202 Å². The average Bonchev–Trinajstić information content (AvgIpc) is 3.34. The molecule has 1 N–H and O–H groups in total. The minimum Gasteiger partial charge on any atom is -0.485 e. The molecule has 0 aliphatic carbocycles. The summed E-state index contributed by atoms with van der Waals surface area (Å²) >= 11 is 1.46. The first-order valence-corrected chi connectivity index (χ1v) is 11.6. The van der Waals surface area contributed by atoms with Gasteiger partial charge in [0.05, 0.1) is 11.3 Å². The highest BCUT2D eigenvalue weighted by Gasteiger charge is 2.16. The number of nitrogens with zero attached hydrogens (tertiary/aromatic N) is 3. The van der Waals surface area contributed by atoms with Crippen LogP contribution in [0.5, 0.6) is 5.75 Å². The smallest absolute Gasteiger partial charge is 0.254 e. The summed E-state index contributed by atoms with van der Waals surface area (Å²) in [4.78, 5) is 34.5. The minimum atomic E-state index is -0.190. The quantitative estimate of drug-likeness (QED) is 0.328. The van der Waals surface area contributed by atoms with E-state index in [-0.39, 0.29) is 5.91 Å². The fourth-order valence-corrected chi connectivity index (χ4v) is 4.04. The van der Waals surface area contributed by atoms with E-state index in [9.17, 15) is 9.59 Å². The first kappa shape index (κ1) is 23.1. The lowest BCUT2D eigenvalue weighted by Gasteiger charge is -2.17. The summed E-state index contributed by atoms with van der Waals surface area (Å²) in [5.74, 6) is 1.05. The Hall–Kier alpha value is -4.04. The number of benzene rings is 2. The first-order valence-electron chi connectivity index (χ1n) is 10.8. The maximum absolute atomic E-state index is 12.7. The topological polar surface area (TPSA) is 84.4 Å². The highest BCUT2D eigenvalue weighted by Crippen LogP contribution is 2.27. The van der Waals surface area contributed by atoms with Gasteiger partial charge >= 0.3 is 0 Å². The van der Waals surface area contributed by atoms with Crippen LogP contribution in [-0.2, 0) is 13.0 Å². The number of hydrogen-bond acceptors (Lipinski definition) is 7. The number of likely N-dealkylation sites (N-methyl/N-ethyl adjacent to an activating group) is 1. The lowest BCUT2D eigenvalue weighted by atomic mass is 10.1. The number of pyridine rings is 1. The van der Waals surface area contributed by atoms with Crippen molar-refractivity contribution in [1.29, 1.82) is 0 Å². The summed E-state index contributed by atoms with van der Waals surface area (Å²) < 4.78 is 5.95. The second kappa shape index (κ2) is 11.2. The molecule has 0 aliphatic heterocycles. The predicted octanol–water partition coefficient (Wildman–Crippen LogP) is 4.99. The van der Waals surface area contributed by atoms with Gasteiger partial charge in [-0.1, -0.05) is 48.5 Å². The fraction of sp³-hybridized carbons (Fsp3) is 0.154. The third-order valence-electron chi connectivity index (χ3n) is 5.15. The van der Waals surface area contributed by atoms with Crippen molar-refractivity contribution in [2.75, 3.05) is 18.9 Å². The van der Waals surface area contributed by atoms with Crippen LogP contribution in [0.2, 0.25) is 0 Å². The van der Waals surface area contributed by atoms with Crippen LogP contribution in [-0.4, -0.2) is 40.7 Å². The number of anilines is 2. The van der Waals surface area contributed by atoms with Gasteiger partial charge in [0.1, 0.15) is 6.61 Å². The van der Waals surface area contributed by atoms with Gasteiger partial charge < -0.3 is 15.0 Å². The van der Waals surface area contributed by atoms with Crippen LogP contribution in [0.25, 0.3) is 0 Å². The summed E-state index contributed by atoms with van der Waals surface area (Å²) in [6, 6.07) is 20.4. The second-order valence-corrected chi connectivity index (χ2v) is 8.43.